The maximum atomic E-state index is 14.7. The molecule has 1 saturated heterocycles. The molecule has 36 heavy (non-hydrogen) atoms. The Morgan fingerprint density at radius 1 is 0.889 bits per heavy atom. The lowest BCUT2D eigenvalue weighted by Crippen LogP contribution is -2.35. The minimum atomic E-state index is -0.483. The van der Waals surface area contributed by atoms with Crippen LogP contribution in [-0.2, 0) is 6.42 Å². The van der Waals surface area contributed by atoms with Crippen LogP contribution in [-0.4, -0.2) is 24.3 Å². The van der Waals surface area contributed by atoms with Crippen molar-refractivity contribution in [3.05, 3.63) is 95.6 Å². The standard InChI is InChI=1S/C30H29F2NO2.ClH/c31-22-7-13-30(32)29(19-22)27-11-6-21-18-24(34)8-12-26(21)28(27)17-20-4-9-25(10-5-20)35-16-14-23-3-1-2-15-33-23;/h4-13,18-19,23,33-34H,1-3,14-17H2;1H. The van der Waals surface area contributed by atoms with Gasteiger partial charge in [-0.2, -0.15) is 0 Å². The number of fused-ring (bicyclic) bond motifs is 1. The summed E-state index contributed by atoms with van der Waals surface area (Å²) in [6.45, 7) is 1.77. The third-order valence-electron chi connectivity index (χ3n) is 6.79. The van der Waals surface area contributed by atoms with Gasteiger partial charge in [0.15, 0.2) is 0 Å². The third kappa shape index (κ3) is 5.97. The van der Waals surface area contributed by atoms with Gasteiger partial charge in [-0.3, -0.25) is 0 Å². The number of nitrogens with one attached hydrogen (secondary N) is 1. The van der Waals surface area contributed by atoms with E-state index >= 15 is 0 Å². The zero-order chi connectivity index (χ0) is 24.2. The summed E-state index contributed by atoms with van der Waals surface area (Å²) < 4.78 is 34.7. The highest BCUT2D eigenvalue weighted by atomic mass is 35.5. The van der Waals surface area contributed by atoms with Gasteiger partial charge in [0, 0.05) is 11.6 Å². The summed E-state index contributed by atoms with van der Waals surface area (Å²) in [6.07, 6.45) is 5.26. The van der Waals surface area contributed by atoms with Crippen molar-refractivity contribution in [2.24, 2.45) is 0 Å². The summed E-state index contributed by atoms with van der Waals surface area (Å²) >= 11 is 0. The molecule has 188 valence electrons. The number of rotatable bonds is 7. The first-order chi connectivity index (χ1) is 17.1. The summed E-state index contributed by atoms with van der Waals surface area (Å²) in [5.74, 6) is 0.0342. The zero-order valence-corrected chi connectivity index (χ0v) is 20.8. The lowest BCUT2D eigenvalue weighted by atomic mass is 9.90. The summed E-state index contributed by atoms with van der Waals surface area (Å²) in [7, 11) is 0. The van der Waals surface area contributed by atoms with Gasteiger partial charge in [0.05, 0.1) is 6.61 Å². The fraction of sp³-hybridized carbons (Fsp3) is 0.267. The summed E-state index contributed by atoms with van der Waals surface area (Å²) in [5.41, 5.74) is 2.78. The Labute approximate surface area is 216 Å². The predicted octanol–water partition coefficient (Wildman–Crippen LogP) is 7.41. The van der Waals surface area contributed by atoms with Crippen LogP contribution in [0.25, 0.3) is 21.9 Å². The van der Waals surface area contributed by atoms with Gasteiger partial charge in [-0.25, -0.2) is 8.78 Å². The van der Waals surface area contributed by atoms with Gasteiger partial charge in [0.25, 0.3) is 0 Å². The van der Waals surface area contributed by atoms with Gasteiger partial charge >= 0.3 is 0 Å². The van der Waals surface area contributed by atoms with E-state index in [1.54, 1.807) is 18.2 Å². The van der Waals surface area contributed by atoms with Crippen LogP contribution in [0.15, 0.2) is 72.8 Å². The van der Waals surface area contributed by atoms with Crippen LogP contribution >= 0.6 is 12.4 Å². The number of halogens is 3. The van der Waals surface area contributed by atoms with Crippen molar-refractivity contribution in [3.63, 3.8) is 0 Å². The lowest BCUT2D eigenvalue weighted by Gasteiger charge is -2.23. The van der Waals surface area contributed by atoms with Crippen LogP contribution in [0.1, 0.15) is 36.8 Å². The Kier molecular flexibility index (Phi) is 8.44. The van der Waals surface area contributed by atoms with Crippen molar-refractivity contribution in [1.82, 2.24) is 5.32 Å². The zero-order valence-electron chi connectivity index (χ0n) is 20.0. The maximum Gasteiger partial charge on any atom is 0.131 e. The van der Waals surface area contributed by atoms with E-state index in [0.717, 1.165) is 52.7 Å². The van der Waals surface area contributed by atoms with E-state index in [1.807, 2.05) is 36.4 Å². The monoisotopic (exact) mass is 509 g/mol. The number of phenolic OH excluding ortho intramolecular Hbond substituents is 1. The Morgan fingerprint density at radius 2 is 1.72 bits per heavy atom. The fourth-order valence-electron chi connectivity index (χ4n) is 4.93. The molecule has 1 aliphatic rings. The molecule has 4 aromatic carbocycles. The molecule has 0 bridgehead atoms. The molecule has 2 N–H and O–H groups in total. The third-order valence-corrected chi connectivity index (χ3v) is 6.79. The maximum absolute atomic E-state index is 14.7. The normalized spacial score (nSPS) is 15.4. The van der Waals surface area contributed by atoms with E-state index in [-0.39, 0.29) is 23.7 Å². The van der Waals surface area contributed by atoms with E-state index < -0.39 is 11.6 Å². The highest BCUT2D eigenvalue weighted by Gasteiger charge is 2.16. The molecule has 1 unspecified atom stereocenters. The van der Waals surface area contributed by atoms with Gasteiger partial charge in [-0.1, -0.05) is 36.8 Å². The minimum absolute atomic E-state index is 0. The van der Waals surface area contributed by atoms with Crippen LogP contribution in [0.3, 0.4) is 0 Å². The van der Waals surface area contributed by atoms with Crippen LogP contribution in [0.2, 0.25) is 0 Å². The van der Waals surface area contributed by atoms with Gasteiger partial charge in [0.1, 0.15) is 23.1 Å². The van der Waals surface area contributed by atoms with Crippen LogP contribution < -0.4 is 10.1 Å². The number of ether oxygens (including phenoxy) is 1. The average Bonchev–Trinajstić information content (AvgIpc) is 2.87. The molecule has 1 heterocycles. The Hall–Kier alpha value is -3.15. The highest BCUT2D eigenvalue weighted by Crippen LogP contribution is 2.35. The van der Waals surface area contributed by atoms with Gasteiger partial charge in [-0.15, -0.1) is 12.4 Å². The van der Waals surface area contributed by atoms with Crippen molar-refractivity contribution in [3.8, 4) is 22.6 Å². The molecule has 0 amide bonds. The number of hydrogen-bond donors (Lipinski definition) is 2. The van der Waals surface area contributed by atoms with Crippen LogP contribution in [0.4, 0.5) is 8.78 Å². The molecular weight excluding hydrogens is 480 g/mol. The SMILES string of the molecule is Cl.Oc1ccc2c(Cc3ccc(OCCC4CCCCN4)cc3)c(-c3cc(F)ccc3F)ccc2c1. The molecular formula is C30H30ClF2NO2. The minimum Gasteiger partial charge on any atom is -0.508 e. The molecule has 1 atom stereocenters. The first-order valence-electron chi connectivity index (χ1n) is 12.2. The molecule has 1 aliphatic heterocycles. The second-order valence-electron chi connectivity index (χ2n) is 9.23. The Balaban J connectivity index is 0.00000304. The quantitative estimate of drug-likeness (QED) is 0.272. The van der Waals surface area contributed by atoms with Gasteiger partial charge in [-0.05, 0) is 102 Å². The number of hydrogen-bond acceptors (Lipinski definition) is 3. The van der Waals surface area contributed by atoms with Crippen LogP contribution in [0.5, 0.6) is 11.5 Å². The van der Waals surface area contributed by atoms with Gasteiger partial charge in [0.2, 0.25) is 0 Å². The molecule has 0 radical (unpaired) electrons. The average molecular weight is 510 g/mol. The van der Waals surface area contributed by atoms with E-state index in [0.29, 0.717) is 24.6 Å². The molecule has 1 fully saturated rings. The Bertz CT molecular complexity index is 1320. The van der Waals surface area contributed by atoms with Crippen molar-refractivity contribution in [2.75, 3.05) is 13.2 Å². The number of phenols is 1. The second-order valence-corrected chi connectivity index (χ2v) is 9.23. The number of aromatic hydroxyl groups is 1. The molecule has 0 saturated carbocycles. The van der Waals surface area contributed by atoms with Crippen molar-refractivity contribution in [1.29, 1.82) is 0 Å². The predicted molar refractivity (Wildman–Crippen MR) is 143 cm³/mol. The van der Waals surface area contributed by atoms with Crippen molar-refractivity contribution in [2.45, 2.75) is 38.1 Å². The summed E-state index contributed by atoms with van der Waals surface area (Å²) in [4.78, 5) is 0. The van der Waals surface area contributed by atoms with E-state index in [1.165, 1.54) is 25.3 Å². The van der Waals surface area contributed by atoms with Crippen LogP contribution in [0, 0.1) is 11.6 Å². The molecule has 5 rings (SSSR count). The molecule has 3 nitrogen and oxygen atoms in total. The van der Waals surface area contributed by atoms with E-state index in [9.17, 15) is 13.9 Å². The Morgan fingerprint density at radius 3 is 2.50 bits per heavy atom. The largest absolute Gasteiger partial charge is 0.508 e. The van der Waals surface area contributed by atoms with Crippen molar-refractivity contribution < 1.29 is 18.6 Å². The molecule has 6 heteroatoms. The van der Waals surface area contributed by atoms with Gasteiger partial charge < -0.3 is 15.2 Å². The van der Waals surface area contributed by atoms with E-state index in [2.05, 4.69) is 5.32 Å². The summed E-state index contributed by atoms with van der Waals surface area (Å²) in [5, 5.41) is 15.2. The highest BCUT2D eigenvalue weighted by molar-refractivity contribution is 5.93. The lowest BCUT2D eigenvalue weighted by molar-refractivity contribution is 0.268. The van der Waals surface area contributed by atoms with E-state index in [4.69, 9.17) is 4.74 Å². The van der Waals surface area contributed by atoms with Crippen molar-refractivity contribution >= 4 is 23.2 Å². The molecule has 0 aliphatic carbocycles. The number of benzene rings is 4. The second kappa shape index (κ2) is 11.7. The first kappa shape index (κ1) is 25.9. The molecule has 4 aromatic rings. The topological polar surface area (TPSA) is 41.5 Å². The first-order valence-corrected chi connectivity index (χ1v) is 12.2. The smallest absolute Gasteiger partial charge is 0.131 e. The summed E-state index contributed by atoms with van der Waals surface area (Å²) in [6, 6.07) is 20.8. The molecule has 0 aromatic heterocycles. The molecule has 0 spiro atoms. The number of piperidine rings is 1. The fourth-order valence-corrected chi connectivity index (χ4v) is 4.93.